The predicted octanol–water partition coefficient (Wildman–Crippen LogP) is 1.73. The van der Waals surface area contributed by atoms with Gasteiger partial charge in [0.1, 0.15) is 6.61 Å². The molecule has 0 atom stereocenters. The molecule has 78 valence electrons. The van der Waals surface area contributed by atoms with Crippen molar-refractivity contribution in [1.82, 2.24) is 0 Å². The molecule has 0 saturated heterocycles. The van der Waals surface area contributed by atoms with Crippen LogP contribution >= 0.6 is 11.8 Å². The zero-order valence-corrected chi connectivity index (χ0v) is 7.45. The molecule has 0 aliphatic rings. The fourth-order valence-electron chi connectivity index (χ4n) is 0.435. The SMILES string of the molecule is O=C(O)CCSCOCC(F)(F)F. The highest BCUT2D eigenvalue weighted by atomic mass is 32.2. The number of aliphatic carboxylic acids is 1. The maximum atomic E-state index is 11.5. The summed E-state index contributed by atoms with van der Waals surface area (Å²) in [7, 11) is 0. The average molecular weight is 218 g/mol. The molecular weight excluding hydrogens is 209 g/mol. The van der Waals surface area contributed by atoms with Gasteiger partial charge in [-0.3, -0.25) is 4.79 Å². The van der Waals surface area contributed by atoms with Crippen LogP contribution < -0.4 is 0 Å². The number of halogens is 3. The van der Waals surface area contributed by atoms with Gasteiger partial charge < -0.3 is 9.84 Å². The number of carboxylic acid groups (broad SMARTS) is 1. The predicted molar refractivity (Wildman–Crippen MR) is 41.6 cm³/mol. The first-order chi connectivity index (χ1) is 5.92. The third kappa shape index (κ3) is 11.6. The molecule has 1 N–H and O–H groups in total. The van der Waals surface area contributed by atoms with E-state index in [4.69, 9.17) is 5.11 Å². The third-order valence-electron chi connectivity index (χ3n) is 0.893. The van der Waals surface area contributed by atoms with E-state index in [0.717, 1.165) is 11.8 Å². The molecule has 0 aliphatic heterocycles. The second kappa shape index (κ2) is 6.09. The molecule has 3 nitrogen and oxygen atoms in total. The Morgan fingerprint density at radius 1 is 1.46 bits per heavy atom. The van der Waals surface area contributed by atoms with Crippen molar-refractivity contribution in [3.8, 4) is 0 Å². The second-order valence-corrected chi connectivity index (χ2v) is 3.19. The highest BCUT2D eigenvalue weighted by Gasteiger charge is 2.27. The van der Waals surface area contributed by atoms with E-state index in [1.165, 1.54) is 0 Å². The fourth-order valence-corrected chi connectivity index (χ4v) is 1.07. The van der Waals surface area contributed by atoms with Crippen LogP contribution in [-0.4, -0.2) is 35.6 Å². The summed E-state index contributed by atoms with van der Waals surface area (Å²) in [6, 6.07) is 0. The molecule has 0 fully saturated rings. The molecule has 0 radical (unpaired) electrons. The van der Waals surface area contributed by atoms with Crippen molar-refractivity contribution in [3.63, 3.8) is 0 Å². The van der Waals surface area contributed by atoms with Gasteiger partial charge in [-0.05, 0) is 0 Å². The molecule has 0 heterocycles. The lowest BCUT2D eigenvalue weighted by Crippen LogP contribution is -2.16. The Hall–Kier alpha value is -0.430. The van der Waals surface area contributed by atoms with E-state index in [1.54, 1.807) is 0 Å². The minimum Gasteiger partial charge on any atom is -0.481 e. The van der Waals surface area contributed by atoms with Gasteiger partial charge in [0.25, 0.3) is 0 Å². The maximum absolute atomic E-state index is 11.5. The monoisotopic (exact) mass is 218 g/mol. The lowest BCUT2D eigenvalue weighted by atomic mass is 10.5. The first kappa shape index (κ1) is 12.6. The molecule has 0 aromatic carbocycles. The van der Waals surface area contributed by atoms with Crippen LogP contribution in [0.15, 0.2) is 0 Å². The van der Waals surface area contributed by atoms with Gasteiger partial charge in [-0.2, -0.15) is 13.2 Å². The number of alkyl halides is 3. The first-order valence-electron chi connectivity index (χ1n) is 3.36. The largest absolute Gasteiger partial charge is 0.481 e. The lowest BCUT2D eigenvalue weighted by Gasteiger charge is -2.06. The van der Waals surface area contributed by atoms with Crippen molar-refractivity contribution in [2.45, 2.75) is 12.6 Å². The topological polar surface area (TPSA) is 46.5 Å². The van der Waals surface area contributed by atoms with Crippen molar-refractivity contribution in [1.29, 1.82) is 0 Å². The zero-order chi connectivity index (χ0) is 10.3. The van der Waals surface area contributed by atoms with Crippen LogP contribution in [-0.2, 0) is 9.53 Å². The van der Waals surface area contributed by atoms with E-state index in [9.17, 15) is 18.0 Å². The molecule has 7 heteroatoms. The second-order valence-electron chi connectivity index (χ2n) is 2.13. The molecular formula is C6H9F3O3S. The molecule has 0 rings (SSSR count). The summed E-state index contributed by atoms with van der Waals surface area (Å²) < 4.78 is 38.6. The average Bonchev–Trinajstić information content (AvgIpc) is 1.93. The Morgan fingerprint density at radius 2 is 2.08 bits per heavy atom. The van der Waals surface area contributed by atoms with Crippen molar-refractivity contribution in [2.75, 3.05) is 18.3 Å². The summed E-state index contributed by atoms with van der Waals surface area (Å²) in [5, 5.41) is 8.17. The van der Waals surface area contributed by atoms with Gasteiger partial charge in [0.2, 0.25) is 0 Å². The van der Waals surface area contributed by atoms with Gasteiger partial charge in [-0.25, -0.2) is 0 Å². The first-order valence-corrected chi connectivity index (χ1v) is 4.51. The highest BCUT2D eigenvalue weighted by Crippen LogP contribution is 2.15. The number of ether oxygens (including phenoxy) is 1. The Bertz CT molecular complexity index is 160. The molecule has 0 amide bonds. The maximum Gasteiger partial charge on any atom is 0.411 e. The third-order valence-corrected chi connectivity index (χ3v) is 1.72. The smallest absolute Gasteiger partial charge is 0.411 e. The molecule has 0 aliphatic carbocycles. The number of hydrogen-bond donors (Lipinski definition) is 1. The van der Waals surface area contributed by atoms with Crippen LogP contribution in [0.5, 0.6) is 0 Å². The molecule has 0 aromatic rings. The van der Waals surface area contributed by atoms with E-state index in [2.05, 4.69) is 4.74 Å². The standard InChI is InChI=1S/C6H9F3O3S/c7-6(8,9)3-12-4-13-2-1-5(10)11/h1-4H2,(H,10,11). The van der Waals surface area contributed by atoms with Gasteiger partial charge >= 0.3 is 12.1 Å². The van der Waals surface area contributed by atoms with Crippen LogP contribution in [0.3, 0.4) is 0 Å². The Labute approximate surface area is 77.3 Å². The molecule has 0 aromatic heterocycles. The van der Waals surface area contributed by atoms with Crippen molar-refractivity contribution in [3.05, 3.63) is 0 Å². The van der Waals surface area contributed by atoms with E-state index in [0.29, 0.717) is 0 Å². The molecule has 0 unspecified atom stereocenters. The Balaban J connectivity index is 3.13. The van der Waals surface area contributed by atoms with Crippen LogP contribution in [0.1, 0.15) is 6.42 Å². The van der Waals surface area contributed by atoms with E-state index < -0.39 is 18.8 Å². The molecule has 0 saturated carbocycles. The van der Waals surface area contributed by atoms with Gasteiger partial charge in [0.05, 0.1) is 12.4 Å². The number of carboxylic acids is 1. The van der Waals surface area contributed by atoms with Crippen molar-refractivity contribution in [2.24, 2.45) is 0 Å². The quantitative estimate of drug-likeness (QED) is 0.544. The fraction of sp³-hybridized carbons (Fsp3) is 0.833. The normalized spacial score (nSPS) is 11.6. The van der Waals surface area contributed by atoms with Gasteiger partial charge in [-0.15, -0.1) is 11.8 Å². The Morgan fingerprint density at radius 3 is 2.54 bits per heavy atom. The summed E-state index contributed by atoms with van der Waals surface area (Å²) in [4.78, 5) is 9.96. The van der Waals surface area contributed by atoms with Crippen molar-refractivity contribution >= 4 is 17.7 Å². The number of rotatable bonds is 6. The van der Waals surface area contributed by atoms with Crippen LogP contribution in [0.25, 0.3) is 0 Å². The summed E-state index contributed by atoms with van der Waals surface area (Å²) >= 11 is 1.02. The van der Waals surface area contributed by atoms with Gasteiger partial charge in [-0.1, -0.05) is 0 Å². The minimum absolute atomic E-state index is 0.0694. The molecule has 0 bridgehead atoms. The van der Waals surface area contributed by atoms with E-state index >= 15 is 0 Å². The number of carbonyl (C=O) groups is 1. The number of thioether (sulfide) groups is 1. The zero-order valence-electron chi connectivity index (χ0n) is 6.63. The van der Waals surface area contributed by atoms with E-state index in [-0.39, 0.29) is 18.1 Å². The highest BCUT2D eigenvalue weighted by molar-refractivity contribution is 7.99. The van der Waals surface area contributed by atoms with Gasteiger partial charge in [0, 0.05) is 5.75 Å². The summed E-state index contributed by atoms with van der Waals surface area (Å²) in [5.41, 5.74) is 0. The summed E-state index contributed by atoms with van der Waals surface area (Å²) in [5.74, 6) is -0.844. The van der Waals surface area contributed by atoms with Gasteiger partial charge in [0.15, 0.2) is 0 Å². The van der Waals surface area contributed by atoms with E-state index in [1.807, 2.05) is 0 Å². The van der Waals surface area contributed by atoms with Crippen molar-refractivity contribution < 1.29 is 27.8 Å². The van der Waals surface area contributed by atoms with Crippen LogP contribution in [0.4, 0.5) is 13.2 Å². The summed E-state index contributed by atoms with van der Waals surface area (Å²) in [6.07, 6.45) is -4.38. The molecule has 13 heavy (non-hydrogen) atoms. The lowest BCUT2D eigenvalue weighted by molar-refractivity contribution is -0.168. The number of hydrogen-bond acceptors (Lipinski definition) is 3. The minimum atomic E-state index is -4.31. The molecule has 0 spiro atoms. The Kier molecular flexibility index (Phi) is 5.89. The summed E-state index contributed by atoms with van der Waals surface area (Å²) in [6.45, 7) is -1.28. The van der Waals surface area contributed by atoms with Crippen LogP contribution in [0, 0.1) is 0 Å². The van der Waals surface area contributed by atoms with Crippen LogP contribution in [0.2, 0.25) is 0 Å².